The molecule has 142 valence electrons. The zero-order valence-electron chi connectivity index (χ0n) is 14.2. The van der Waals surface area contributed by atoms with E-state index in [1.165, 1.54) is 28.8 Å². The second kappa shape index (κ2) is 8.78. The number of aliphatic carboxylic acids is 2. The number of likely N-dealkylation sites (N-methyl/N-ethyl adjacent to an activating group) is 1. The van der Waals surface area contributed by atoms with Gasteiger partial charge in [-0.2, -0.15) is 0 Å². The minimum atomic E-state index is -1.30. The predicted octanol–water partition coefficient (Wildman–Crippen LogP) is 1.57. The Morgan fingerprint density at radius 2 is 1.89 bits per heavy atom. The highest BCUT2D eigenvalue weighted by molar-refractivity contribution is 8.26. The number of hydrogen-bond donors (Lipinski definition) is 3. The number of carboxylic acid groups (broad SMARTS) is 2. The van der Waals surface area contributed by atoms with E-state index < -0.39 is 23.9 Å². The van der Waals surface area contributed by atoms with Crippen LogP contribution in [0.15, 0.2) is 29.2 Å². The smallest absolute Gasteiger partial charge is 0.326 e. The largest absolute Gasteiger partial charge is 0.481 e. The topological polar surface area (TPSA) is 124 Å². The van der Waals surface area contributed by atoms with Gasteiger partial charge in [0.25, 0.3) is 11.8 Å². The zero-order chi connectivity index (χ0) is 20.1. The van der Waals surface area contributed by atoms with Gasteiger partial charge in [0.2, 0.25) is 0 Å². The zero-order valence-corrected chi connectivity index (χ0v) is 15.8. The molecular formula is C17H16N2O6S2. The van der Waals surface area contributed by atoms with Gasteiger partial charge in [0.05, 0.1) is 4.91 Å². The first-order chi connectivity index (χ1) is 12.7. The number of thioether (sulfide) groups is 1. The van der Waals surface area contributed by atoms with Crippen LogP contribution in [0.1, 0.15) is 28.8 Å². The fraction of sp³-hybridized carbons (Fsp3) is 0.235. The summed E-state index contributed by atoms with van der Waals surface area (Å²) in [5.74, 6) is -3.27. The molecule has 1 atom stereocenters. The Morgan fingerprint density at radius 3 is 2.37 bits per heavy atom. The molecule has 3 N–H and O–H groups in total. The second-order valence-corrected chi connectivity index (χ2v) is 7.34. The van der Waals surface area contributed by atoms with Crippen LogP contribution in [0.5, 0.6) is 0 Å². The SMILES string of the molecule is CN1C(=O)/C(=C\c2ccc(C(=O)N[C@H](CCC(=O)O)C(=O)O)cc2)SC1=S. The highest BCUT2D eigenvalue weighted by Gasteiger charge is 2.28. The molecule has 0 spiro atoms. The van der Waals surface area contributed by atoms with Gasteiger partial charge in [-0.05, 0) is 30.2 Å². The maximum absolute atomic E-state index is 12.2. The van der Waals surface area contributed by atoms with Crippen molar-refractivity contribution in [2.75, 3.05) is 7.05 Å². The number of thiocarbonyl (C=S) groups is 1. The number of carboxylic acids is 2. The highest BCUT2D eigenvalue weighted by Crippen LogP contribution is 2.31. The molecule has 0 aliphatic carbocycles. The minimum Gasteiger partial charge on any atom is -0.481 e. The first-order valence-corrected chi connectivity index (χ1v) is 8.98. The molecule has 1 aliphatic rings. The van der Waals surface area contributed by atoms with Crippen LogP contribution in [0, 0.1) is 0 Å². The van der Waals surface area contributed by atoms with Crippen molar-refractivity contribution >= 4 is 58.1 Å². The van der Waals surface area contributed by atoms with Crippen molar-refractivity contribution in [1.29, 1.82) is 0 Å². The summed E-state index contributed by atoms with van der Waals surface area (Å²) in [6.07, 6.45) is 1.07. The first kappa shape index (κ1) is 20.6. The number of rotatable bonds is 7. The quantitative estimate of drug-likeness (QED) is 0.459. The van der Waals surface area contributed by atoms with Crippen molar-refractivity contribution < 1.29 is 29.4 Å². The van der Waals surface area contributed by atoms with Gasteiger partial charge in [-0.1, -0.05) is 36.1 Å². The lowest BCUT2D eigenvalue weighted by molar-refractivity contribution is -0.140. The highest BCUT2D eigenvalue weighted by atomic mass is 32.2. The lowest BCUT2D eigenvalue weighted by atomic mass is 10.1. The molecule has 10 heteroatoms. The van der Waals surface area contributed by atoms with Gasteiger partial charge < -0.3 is 15.5 Å². The molecule has 1 aromatic rings. The van der Waals surface area contributed by atoms with Crippen LogP contribution in [0.4, 0.5) is 0 Å². The molecule has 1 aromatic carbocycles. The number of nitrogens with one attached hydrogen (secondary N) is 1. The van der Waals surface area contributed by atoms with Crippen LogP contribution in [0.25, 0.3) is 6.08 Å². The van der Waals surface area contributed by atoms with E-state index in [0.29, 0.717) is 14.8 Å². The van der Waals surface area contributed by atoms with Crippen LogP contribution < -0.4 is 5.32 Å². The third kappa shape index (κ3) is 5.38. The fourth-order valence-corrected chi connectivity index (χ4v) is 3.37. The third-order valence-electron chi connectivity index (χ3n) is 3.71. The maximum atomic E-state index is 12.2. The molecule has 1 fully saturated rings. The van der Waals surface area contributed by atoms with E-state index in [1.54, 1.807) is 25.3 Å². The minimum absolute atomic E-state index is 0.199. The van der Waals surface area contributed by atoms with Gasteiger partial charge in [-0.15, -0.1) is 0 Å². The molecule has 1 aliphatic heterocycles. The van der Waals surface area contributed by atoms with Gasteiger partial charge in [0.1, 0.15) is 10.4 Å². The summed E-state index contributed by atoms with van der Waals surface area (Å²) in [5.41, 5.74) is 0.901. The van der Waals surface area contributed by atoms with Crippen LogP contribution in [0.2, 0.25) is 0 Å². The van der Waals surface area contributed by atoms with Gasteiger partial charge >= 0.3 is 11.9 Å². The lowest BCUT2D eigenvalue weighted by Crippen LogP contribution is -2.41. The van der Waals surface area contributed by atoms with Crippen LogP contribution in [-0.2, 0) is 14.4 Å². The monoisotopic (exact) mass is 408 g/mol. The molecule has 27 heavy (non-hydrogen) atoms. The molecule has 1 saturated heterocycles. The lowest BCUT2D eigenvalue weighted by Gasteiger charge is -2.13. The van der Waals surface area contributed by atoms with Crippen molar-refractivity contribution in [3.05, 3.63) is 40.3 Å². The average Bonchev–Trinajstić information content (AvgIpc) is 2.85. The Labute approximate surface area is 164 Å². The average molecular weight is 408 g/mol. The Morgan fingerprint density at radius 1 is 1.26 bits per heavy atom. The Kier molecular flexibility index (Phi) is 6.70. The Hall–Kier alpha value is -2.72. The number of nitrogens with zero attached hydrogens (tertiary/aromatic N) is 1. The number of carbonyl (C=O) groups excluding carboxylic acids is 2. The fourth-order valence-electron chi connectivity index (χ4n) is 2.19. The maximum Gasteiger partial charge on any atom is 0.326 e. The number of carbonyl (C=O) groups is 4. The summed E-state index contributed by atoms with van der Waals surface area (Å²) in [6, 6.07) is 4.92. The van der Waals surface area contributed by atoms with E-state index in [2.05, 4.69) is 5.32 Å². The Bertz CT molecular complexity index is 834. The predicted molar refractivity (Wildman–Crippen MR) is 103 cm³/mol. The standard InChI is InChI=1S/C17H16N2O6S2/c1-19-15(23)12(27-17(19)26)8-9-2-4-10(5-3-9)14(22)18-11(16(24)25)6-7-13(20)21/h2-5,8,11H,6-7H2,1H3,(H,18,22)(H,20,21)(H,24,25)/b12-8+/t11-/m1/s1. The number of hydrogen-bond acceptors (Lipinski definition) is 6. The molecule has 0 saturated carbocycles. The molecular weight excluding hydrogens is 392 g/mol. The number of benzene rings is 1. The van der Waals surface area contributed by atoms with Crippen molar-refractivity contribution in [3.8, 4) is 0 Å². The van der Waals surface area contributed by atoms with Crippen LogP contribution in [-0.4, -0.2) is 56.3 Å². The van der Waals surface area contributed by atoms with Crippen LogP contribution >= 0.6 is 24.0 Å². The van der Waals surface area contributed by atoms with E-state index in [1.807, 2.05) is 0 Å². The third-order valence-corrected chi connectivity index (χ3v) is 5.19. The van der Waals surface area contributed by atoms with Gasteiger partial charge in [-0.3, -0.25) is 19.3 Å². The van der Waals surface area contributed by atoms with E-state index in [0.717, 1.165) is 0 Å². The van der Waals surface area contributed by atoms with E-state index in [9.17, 15) is 19.2 Å². The molecule has 0 unspecified atom stereocenters. The number of amides is 2. The molecule has 0 bridgehead atoms. The molecule has 1 heterocycles. The molecule has 8 nitrogen and oxygen atoms in total. The van der Waals surface area contributed by atoms with Crippen molar-refractivity contribution in [2.45, 2.75) is 18.9 Å². The summed E-state index contributed by atoms with van der Waals surface area (Å²) in [7, 11) is 1.59. The van der Waals surface area contributed by atoms with Crippen molar-refractivity contribution in [2.24, 2.45) is 0 Å². The van der Waals surface area contributed by atoms with Gasteiger partial charge in [0.15, 0.2) is 0 Å². The summed E-state index contributed by atoms with van der Waals surface area (Å²) >= 11 is 6.24. The van der Waals surface area contributed by atoms with E-state index >= 15 is 0 Å². The van der Waals surface area contributed by atoms with Crippen molar-refractivity contribution in [3.63, 3.8) is 0 Å². The molecule has 2 amide bonds. The van der Waals surface area contributed by atoms with Gasteiger partial charge in [0, 0.05) is 19.0 Å². The molecule has 0 radical (unpaired) electrons. The normalized spacial score (nSPS) is 16.5. The summed E-state index contributed by atoms with van der Waals surface area (Å²) < 4.78 is 0.461. The molecule has 2 rings (SSSR count). The van der Waals surface area contributed by atoms with Crippen molar-refractivity contribution in [1.82, 2.24) is 10.2 Å². The Balaban J connectivity index is 2.06. The van der Waals surface area contributed by atoms with E-state index in [-0.39, 0.29) is 24.3 Å². The second-order valence-electron chi connectivity index (χ2n) is 5.66. The van der Waals surface area contributed by atoms with Gasteiger partial charge in [-0.25, -0.2) is 4.79 Å². The summed E-state index contributed by atoms with van der Waals surface area (Å²) in [4.78, 5) is 47.7. The van der Waals surface area contributed by atoms with Crippen LogP contribution in [0.3, 0.4) is 0 Å². The summed E-state index contributed by atoms with van der Waals surface area (Å²) in [6.45, 7) is 0. The first-order valence-electron chi connectivity index (χ1n) is 7.76. The summed E-state index contributed by atoms with van der Waals surface area (Å²) in [5, 5.41) is 20.0. The van der Waals surface area contributed by atoms with E-state index in [4.69, 9.17) is 22.4 Å². The molecule has 0 aromatic heterocycles.